The van der Waals surface area contributed by atoms with Crippen molar-refractivity contribution >= 4 is 21.8 Å². The third-order valence-corrected chi connectivity index (χ3v) is 5.72. The number of rotatable bonds is 9. The van der Waals surface area contributed by atoms with Crippen molar-refractivity contribution in [2.45, 2.75) is 23.1 Å². The normalized spacial score (nSPS) is 11.4. The van der Waals surface area contributed by atoms with Crippen molar-refractivity contribution in [1.29, 1.82) is 0 Å². The zero-order valence-electron chi connectivity index (χ0n) is 13.4. The fourth-order valence-corrected chi connectivity index (χ4v) is 3.89. The zero-order valence-corrected chi connectivity index (χ0v) is 15.0. The third kappa shape index (κ3) is 5.81. The van der Waals surface area contributed by atoms with Crippen LogP contribution in [0.3, 0.4) is 0 Å². The molecule has 0 fully saturated rings. The molecule has 0 saturated heterocycles. The van der Waals surface area contributed by atoms with Crippen LogP contribution in [0.1, 0.15) is 13.3 Å². The first-order valence-corrected chi connectivity index (χ1v) is 10.1. The molecule has 130 valence electrons. The summed E-state index contributed by atoms with van der Waals surface area (Å²) < 4.78 is 45.0. The first kappa shape index (κ1) is 18.8. The van der Waals surface area contributed by atoms with E-state index in [0.29, 0.717) is 25.3 Å². The van der Waals surface area contributed by atoms with Gasteiger partial charge in [0.05, 0.1) is 11.5 Å². The Morgan fingerprint density at radius 1 is 1.08 bits per heavy atom. The molecule has 0 aliphatic rings. The third-order valence-electron chi connectivity index (χ3n) is 3.14. The van der Waals surface area contributed by atoms with Crippen molar-refractivity contribution in [1.82, 2.24) is 4.72 Å². The van der Waals surface area contributed by atoms with Crippen LogP contribution in [-0.2, 0) is 10.0 Å². The van der Waals surface area contributed by atoms with E-state index in [9.17, 15) is 12.8 Å². The molecule has 2 aromatic rings. The first-order valence-electron chi connectivity index (χ1n) is 7.62. The number of sulfonamides is 1. The highest BCUT2D eigenvalue weighted by atomic mass is 32.2. The molecular formula is C17H20FNO3S2. The van der Waals surface area contributed by atoms with Crippen LogP contribution in [-0.4, -0.2) is 27.3 Å². The summed E-state index contributed by atoms with van der Waals surface area (Å²) in [5.74, 6) is 1.13. The van der Waals surface area contributed by atoms with Crippen molar-refractivity contribution < 1.29 is 17.5 Å². The number of thioether (sulfide) groups is 1. The summed E-state index contributed by atoms with van der Waals surface area (Å²) in [5, 5.41) is 0. The number of hydrogen-bond acceptors (Lipinski definition) is 4. The molecule has 0 atom stereocenters. The predicted molar refractivity (Wildman–Crippen MR) is 94.5 cm³/mol. The van der Waals surface area contributed by atoms with E-state index in [0.717, 1.165) is 10.6 Å². The van der Waals surface area contributed by atoms with Crippen molar-refractivity contribution in [3.8, 4) is 5.75 Å². The van der Waals surface area contributed by atoms with Gasteiger partial charge in [0.2, 0.25) is 10.0 Å². The number of halogens is 1. The van der Waals surface area contributed by atoms with E-state index in [2.05, 4.69) is 4.72 Å². The molecule has 0 aliphatic heterocycles. The maximum Gasteiger partial charge on any atom is 0.240 e. The zero-order chi connectivity index (χ0) is 17.4. The average Bonchev–Trinajstić information content (AvgIpc) is 2.57. The lowest BCUT2D eigenvalue weighted by molar-refractivity contribution is 0.340. The van der Waals surface area contributed by atoms with E-state index >= 15 is 0 Å². The topological polar surface area (TPSA) is 55.4 Å². The second kappa shape index (κ2) is 9.05. The molecular weight excluding hydrogens is 349 g/mol. The Morgan fingerprint density at radius 3 is 2.38 bits per heavy atom. The molecule has 0 bridgehead atoms. The number of benzene rings is 2. The quantitative estimate of drug-likeness (QED) is 0.541. The second-order valence-electron chi connectivity index (χ2n) is 4.96. The molecule has 0 saturated carbocycles. The van der Waals surface area contributed by atoms with Gasteiger partial charge in [-0.3, -0.25) is 0 Å². The lowest BCUT2D eigenvalue weighted by Crippen LogP contribution is -2.25. The first-order chi connectivity index (χ1) is 11.5. The Hall–Kier alpha value is -1.57. The molecule has 0 radical (unpaired) electrons. The molecule has 0 aromatic heterocycles. The van der Waals surface area contributed by atoms with Gasteiger partial charge in [0.1, 0.15) is 11.6 Å². The molecule has 2 aromatic carbocycles. The van der Waals surface area contributed by atoms with Gasteiger partial charge in [-0.1, -0.05) is 0 Å². The number of ether oxygens (including phenoxy) is 1. The van der Waals surface area contributed by atoms with Crippen LogP contribution in [0.25, 0.3) is 0 Å². The fraction of sp³-hybridized carbons (Fsp3) is 0.294. The van der Waals surface area contributed by atoms with Crippen LogP contribution in [0.15, 0.2) is 58.3 Å². The summed E-state index contributed by atoms with van der Waals surface area (Å²) in [5.41, 5.74) is 0. The van der Waals surface area contributed by atoms with Gasteiger partial charge in [0, 0.05) is 11.4 Å². The largest absolute Gasteiger partial charge is 0.494 e. The Bertz CT molecular complexity index is 731. The molecule has 0 amide bonds. The molecule has 0 spiro atoms. The number of nitrogens with one attached hydrogen (secondary N) is 1. The Morgan fingerprint density at radius 2 is 1.75 bits per heavy atom. The van der Waals surface area contributed by atoms with Crippen LogP contribution in [0.4, 0.5) is 4.39 Å². The lowest BCUT2D eigenvalue weighted by atomic mass is 10.3. The monoisotopic (exact) mass is 369 g/mol. The van der Waals surface area contributed by atoms with E-state index in [-0.39, 0.29) is 10.7 Å². The Labute approximate surface area is 146 Å². The highest BCUT2D eigenvalue weighted by Crippen LogP contribution is 2.19. The van der Waals surface area contributed by atoms with Crippen molar-refractivity contribution in [3.63, 3.8) is 0 Å². The summed E-state index contributed by atoms with van der Waals surface area (Å²) >= 11 is 1.56. The van der Waals surface area contributed by atoms with Crippen molar-refractivity contribution in [2.24, 2.45) is 0 Å². The fourth-order valence-electron chi connectivity index (χ4n) is 1.96. The van der Waals surface area contributed by atoms with E-state index in [4.69, 9.17) is 4.74 Å². The van der Waals surface area contributed by atoms with Crippen LogP contribution in [0.5, 0.6) is 5.75 Å². The molecule has 4 nitrogen and oxygen atoms in total. The van der Waals surface area contributed by atoms with Gasteiger partial charge in [-0.15, -0.1) is 11.8 Å². The summed E-state index contributed by atoms with van der Waals surface area (Å²) in [7, 11) is -3.51. The minimum atomic E-state index is -3.51. The van der Waals surface area contributed by atoms with Gasteiger partial charge in [-0.25, -0.2) is 17.5 Å². The minimum Gasteiger partial charge on any atom is -0.494 e. The summed E-state index contributed by atoms with van der Waals surface area (Å²) in [6, 6.07) is 12.6. The van der Waals surface area contributed by atoms with Gasteiger partial charge in [0.25, 0.3) is 0 Å². The van der Waals surface area contributed by atoms with Crippen molar-refractivity contribution in [3.05, 3.63) is 54.3 Å². The van der Waals surface area contributed by atoms with Gasteiger partial charge < -0.3 is 4.74 Å². The van der Waals surface area contributed by atoms with E-state index in [1.807, 2.05) is 6.92 Å². The van der Waals surface area contributed by atoms with E-state index < -0.39 is 10.0 Å². The smallest absolute Gasteiger partial charge is 0.240 e. The van der Waals surface area contributed by atoms with Crippen LogP contribution in [0, 0.1) is 5.82 Å². The molecule has 0 unspecified atom stereocenters. The molecule has 24 heavy (non-hydrogen) atoms. The van der Waals surface area contributed by atoms with Gasteiger partial charge in [-0.2, -0.15) is 0 Å². The maximum atomic E-state index is 12.8. The Balaban J connectivity index is 1.77. The molecule has 2 rings (SSSR count). The molecule has 7 heteroatoms. The molecule has 0 aliphatic carbocycles. The van der Waals surface area contributed by atoms with Crippen LogP contribution >= 0.6 is 11.8 Å². The highest BCUT2D eigenvalue weighted by molar-refractivity contribution is 7.99. The molecule has 0 heterocycles. The van der Waals surface area contributed by atoms with E-state index in [1.54, 1.807) is 36.0 Å². The average molecular weight is 369 g/mol. The second-order valence-corrected chi connectivity index (χ2v) is 7.89. The summed E-state index contributed by atoms with van der Waals surface area (Å²) in [6.07, 6.45) is 0.679. The SMILES string of the molecule is CCOc1ccc(S(=O)(=O)NCCCSc2ccc(F)cc2)cc1. The number of hydrogen-bond donors (Lipinski definition) is 1. The predicted octanol–water partition coefficient (Wildman–Crippen LogP) is 3.69. The standard InChI is InChI=1S/C17H20FNO3S2/c1-2-22-15-6-10-17(11-7-15)24(20,21)19-12-3-13-23-16-8-4-14(18)5-9-16/h4-11,19H,2-3,12-13H2,1H3. The Kier molecular flexibility index (Phi) is 7.08. The van der Waals surface area contributed by atoms with Crippen LogP contribution in [0.2, 0.25) is 0 Å². The molecule has 1 N–H and O–H groups in total. The van der Waals surface area contributed by atoms with Gasteiger partial charge in [-0.05, 0) is 67.6 Å². The highest BCUT2D eigenvalue weighted by Gasteiger charge is 2.13. The summed E-state index contributed by atoms with van der Waals surface area (Å²) in [6.45, 7) is 2.76. The van der Waals surface area contributed by atoms with Gasteiger partial charge >= 0.3 is 0 Å². The van der Waals surface area contributed by atoms with Crippen LogP contribution < -0.4 is 9.46 Å². The summed E-state index contributed by atoms with van der Waals surface area (Å²) in [4.78, 5) is 1.18. The lowest BCUT2D eigenvalue weighted by Gasteiger charge is -2.08. The van der Waals surface area contributed by atoms with Gasteiger partial charge in [0.15, 0.2) is 0 Å². The minimum absolute atomic E-state index is 0.220. The van der Waals surface area contributed by atoms with Crippen molar-refractivity contribution in [2.75, 3.05) is 18.9 Å². The maximum absolute atomic E-state index is 12.8. The van der Waals surface area contributed by atoms with E-state index in [1.165, 1.54) is 24.3 Å².